The van der Waals surface area contributed by atoms with Crippen LogP contribution in [-0.4, -0.2) is 30.1 Å². The lowest BCUT2D eigenvalue weighted by molar-refractivity contribution is -0.123. The zero-order chi connectivity index (χ0) is 22.8. The van der Waals surface area contributed by atoms with Gasteiger partial charge in [0.2, 0.25) is 0 Å². The van der Waals surface area contributed by atoms with Crippen LogP contribution in [0.25, 0.3) is 0 Å². The largest absolute Gasteiger partial charge is 0.492 e. The molecule has 2 aromatic rings. The maximum atomic E-state index is 12.4. The van der Waals surface area contributed by atoms with E-state index in [1.165, 1.54) is 0 Å². The van der Waals surface area contributed by atoms with E-state index < -0.39 is 11.8 Å². The molecular formula is C21H23Br2N3O4S. The number of aryl methyl sites for hydroxylation is 1. The quantitative estimate of drug-likeness (QED) is 0.247. The number of amides is 2. The lowest BCUT2D eigenvalue weighted by atomic mass is 10.2. The second-order valence-electron chi connectivity index (χ2n) is 6.50. The molecule has 10 heteroatoms. The predicted octanol–water partition coefficient (Wildman–Crippen LogP) is 4.41. The van der Waals surface area contributed by atoms with Crippen LogP contribution in [0.1, 0.15) is 35.7 Å². The third-order valence-corrected chi connectivity index (χ3v) is 5.30. The summed E-state index contributed by atoms with van der Waals surface area (Å²) in [5.74, 6) is 0.394. The van der Waals surface area contributed by atoms with Crippen LogP contribution in [0.15, 0.2) is 45.3 Å². The highest BCUT2D eigenvalue weighted by molar-refractivity contribution is 9.10. The summed E-state index contributed by atoms with van der Waals surface area (Å²) in [6, 6.07) is 10.5. The number of carbonyl (C=O) groups excluding carboxylic acids is 2. The fourth-order valence-electron chi connectivity index (χ4n) is 2.37. The zero-order valence-electron chi connectivity index (χ0n) is 17.1. The Bertz CT molecular complexity index is 956. The molecule has 0 saturated heterocycles. The summed E-state index contributed by atoms with van der Waals surface area (Å²) in [6.07, 6.45) is 1.99. The Balaban J connectivity index is 1.77. The number of hydrogen-bond donors (Lipinski definition) is 3. The van der Waals surface area contributed by atoms with Gasteiger partial charge in [0, 0.05) is 10.0 Å². The van der Waals surface area contributed by atoms with E-state index in [4.69, 9.17) is 21.7 Å². The van der Waals surface area contributed by atoms with Crippen molar-refractivity contribution < 1.29 is 19.1 Å². The van der Waals surface area contributed by atoms with Crippen molar-refractivity contribution in [3.05, 3.63) is 56.5 Å². The molecule has 0 aliphatic carbocycles. The Morgan fingerprint density at radius 3 is 2.45 bits per heavy atom. The Kier molecular flexibility index (Phi) is 10.2. The first kappa shape index (κ1) is 25.1. The molecule has 0 spiro atoms. The number of benzene rings is 2. The number of hydrazine groups is 1. The van der Waals surface area contributed by atoms with Gasteiger partial charge >= 0.3 is 0 Å². The lowest BCUT2D eigenvalue weighted by Crippen LogP contribution is -2.49. The Labute approximate surface area is 203 Å². The van der Waals surface area contributed by atoms with Gasteiger partial charge in [0.15, 0.2) is 11.7 Å². The minimum Gasteiger partial charge on any atom is -0.492 e. The standard InChI is InChI=1S/C21H23Br2N3O4S/c1-3-4-9-29-18-7-5-14(11-16(18)23)20(28)24-21(31)26-25-19(27)12-30-17-8-6-15(22)10-13(17)2/h5-8,10-11H,3-4,9,12H2,1-2H3,(H,25,27)(H2,24,26,28,31). The van der Waals surface area contributed by atoms with E-state index in [1.807, 2.05) is 19.1 Å². The van der Waals surface area contributed by atoms with Gasteiger partial charge in [-0.25, -0.2) is 0 Å². The van der Waals surface area contributed by atoms with Gasteiger partial charge < -0.3 is 9.47 Å². The Morgan fingerprint density at radius 2 is 1.77 bits per heavy atom. The van der Waals surface area contributed by atoms with Crippen LogP contribution in [0.5, 0.6) is 11.5 Å². The number of hydrogen-bond acceptors (Lipinski definition) is 5. The number of ether oxygens (including phenoxy) is 2. The summed E-state index contributed by atoms with van der Waals surface area (Å²) in [5, 5.41) is 2.45. The van der Waals surface area contributed by atoms with Gasteiger partial charge in [-0.1, -0.05) is 29.3 Å². The highest BCUT2D eigenvalue weighted by Crippen LogP contribution is 2.26. The fraction of sp³-hybridized carbons (Fsp3) is 0.286. The number of halogens is 2. The molecule has 0 radical (unpaired) electrons. The number of unbranched alkanes of at least 4 members (excludes halogenated alkanes) is 1. The molecule has 2 rings (SSSR count). The van der Waals surface area contributed by atoms with Crippen LogP contribution >= 0.6 is 44.1 Å². The van der Waals surface area contributed by atoms with Crippen molar-refractivity contribution >= 4 is 61.0 Å². The number of nitrogens with one attached hydrogen (secondary N) is 3. The molecule has 7 nitrogen and oxygen atoms in total. The van der Waals surface area contributed by atoms with Gasteiger partial charge in [0.25, 0.3) is 11.8 Å². The highest BCUT2D eigenvalue weighted by atomic mass is 79.9. The van der Waals surface area contributed by atoms with Gasteiger partial charge in [-0.05, 0) is 83.5 Å². The second-order valence-corrected chi connectivity index (χ2v) is 8.68. The van der Waals surface area contributed by atoms with E-state index in [2.05, 4.69) is 55.0 Å². The van der Waals surface area contributed by atoms with Crippen molar-refractivity contribution in [1.29, 1.82) is 0 Å². The molecule has 0 aliphatic rings. The van der Waals surface area contributed by atoms with Gasteiger partial charge in [-0.2, -0.15) is 0 Å². The Morgan fingerprint density at radius 1 is 1.03 bits per heavy atom. The first-order valence-corrected chi connectivity index (χ1v) is 11.5. The van der Waals surface area contributed by atoms with Crippen LogP contribution in [0.4, 0.5) is 0 Å². The maximum absolute atomic E-state index is 12.4. The summed E-state index contributed by atoms with van der Waals surface area (Å²) in [6.45, 7) is 4.36. The van der Waals surface area contributed by atoms with E-state index in [9.17, 15) is 9.59 Å². The molecular weight excluding hydrogens is 550 g/mol. The lowest BCUT2D eigenvalue weighted by Gasteiger charge is -2.13. The zero-order valence-corrected chi connectivity index (χ0v) is 21.1. The fourth-order valence-corrected chi connectivity index (χ4v) is 3.49. The van der Waals surface area contributed by atoms with Crippen LogP contribution in [0, 0.1) is 6.92 Å². The average molecular weight is 573 g/mol. The second kappa shape index (κ2) is 12.6. The van der Waals surface area contributed by atoms with Crippen molar-refractivity contribution in [3.63, 3.8) is 0 Å². The molecule has 0 aliphatic heterocycles. The van der Waals surface area contributed by atoms with E-state index >= 15 is 0 Å². The molecule has 0 atom stereocenters. The maximum Gasteiger partial charge on any atom is 0.276 e. The van der Waals surface area contributed by atoms with E-state index in [0.29, 0.717) is 28.1 Å². The predicted molar refractivity (Wildman–Crippen MR) is 130 cm³/mol. The molecule has 2 amide bonds. The monoisotopic (exact) mass is 571 g/mol. The molecule has 0 bridgehead atoms. The summed E-state index contributed by atoms with van der Waals surface area (Å²) in [7, 11) is 0. The molecule has 166 valence electrons. The molecule has 0 heterocycles. The number of carbonyl (C=O) groups is 2. The normalized spacial score (nSPS) is 10.2. The van der Waals surface area contributed by atoms with Crippen LogP contribution in [-0.2, 0) is 4.79 Å². The molecule has 0 fully saturated rings. The van der Waals surface area contributed by atoms with E-state index in [1.54, 1.807) is 24.3 Å². The smallest absolute Gasteiger partial charge is 0.276 e. The topological polar surface area (TPSA) is 88.7 Å². The van der Waals surface area contributed by atoms with E-state index in [-0.39, 0.29) is 11.7 Å². The van der Waals surface area contributed by atoms with E-state index in [0.717, 1.165) is 22.9 Å². The summed E-state index contributed by atoms with van der Waals surface area (Å²) < 4.78 is 12.7. The van der Waals surface area contributed by atoms with Crippen molar-refractivity contribution in [2.24, 2.45) is 0 Å². The average Bonchev–Trinajstić information content (AvgIpc) is 2.72. The van der Waals surface area contributed by atoms with Crippen LogP contribution in [0.3, 0.4) is 0 Å². The summed E-state index contributed by atoms with van der Waals surface area (Å²) in [5.41, 5.74) is 6.14. The molecule has 31 heavy (non-hydrogen) atoms. The van der Waals surface area contributed by atoms with Gasteiger partial charge in [0.1, 0.15) is 11.5 Å². The Hall–Kier alpha value is -2.17. The molecule has 2 aromatic carbocycles. The van der Waals surface area contributed by atoms with Crippen molar-refractivity contribution in [2.75, 3.05) is 13.2 Å². The SMILES string of the molecule is CCCCOc1ccc(C(=O)NC(=S)NNC(=O)COc2ccc(Br)cc2C)cc1Br. The molecule has 0 saturated carbocycles. The van der Waals surface area contributed by atoms with Crippen LogP contribution < -0.4 is 25.6 Å². The van der Waals surface area contributed by atoms with Crippen molar-refractivity contribution in [1.82, 2.24) is 16.2 Å². The highest BCUT2D eigenvalue weighted by Gasteiger charge is 2.12. The van der Waals surface area contributed by atoms with Gasteiger partial charge in [0.05, 0.1) is 11.1 Å². The minimum atomic E-state index is -0.449. The number of thiocarbonyl (C=S) groups is 1. The summed E-state index contributed by atoms with van der Waals surface area (Å²) in [4.78, 5) is 24.3. The van der Waals surface area contributed by atoms with Gasteiger partial charge in [-0.15, -0.1) is 0 Å². The third kappa shape index (κ3) is 8.47. The molecule has 0 unspecified atom stereocenters. The van der Waals surface area contributed by atoms with Crippen molar-refractivity contribution in [2.45, 2.75) is 26.7 Å². The third-order valence-electron chi connectivity index (χ3n) is 3.99. The first-order chi connectivity index (χ1) is 14.8. The summed E-state index contributed by atoms with van der Waals surface area (Å²) >= 11 is 11.8. The number of rotatable bonds is 8. The first-order valence-electron chi connectivity index (χ1n) is 9.51. The van der Waals surface area contributed by atoms with Crippen LogP contribution in [0.2, 0.25) is 0 Å². The van der Waals surface area contributed by atoms with Crippen molar-refractivity contribution in [3.8, 4) is 11.5 Å². The van der Waals surface area contributed by atoms with Gasteiger partial charge in [-0.3, -0.25) is 25.8 Å². The molecule has 0 aromatic heterocycles. The molecule has 3 N–H and O–H groups in total. The minimum absolute atomic E-state index is 0.0439.